The number of rotatable bonds is 6. The zero-order chi connectivity index (χ0) is 24.1. The van der Waals surface area contributed by atoms with E-state index < -0.39 is 41.0 Å². The third-order valence-corrected chi connectivity index (χ3v) is 3.21. The standard InChI is InChI=1S/C9H6O6.C8H6O4.C2H6O2/c10-7(11)4-1-2-5(8(12)13)6(3-4)9(14)15;9-7(10)5-1-2-6(4-3-5)8(11)12;3-1-2-4/h1-3H,(H,10,11)(H,12,13)(H,14,15);1-4H,(H,9,10)(H,11,12);3-4H,1-2H2. The van der Waals surface area contributed by atoms with E-state index in [4.69, 9.17) is 35.7 Å². The van der Waals surface area contributed by atoms with Gasteiger partial charge >= 0.3 is 29.8 Å². The van der Waals surface area contributed by atoms with Gasteiger partial charge in [0.1, 0.15) is 0 Å². The van der Waals surface area contributed by atoms with Crippen LogP contribution in [0.1, 0.15) is 51.8 Å². The van der Waals surface area contributed by atoms with Gasteiger partial charge in [0, 0.05) is 0 Å². The molecule has 31 heavy (non-hydrogen) atoms. The van der Waals surface area contributed by atoms with Crippen LogP contribution in [-0.4, -0.2) is 78.8 Å². The highest BCUT2D eigenvalue weighted by atomic mass is 16.4. The number of carboxylic acids is 5. The fourth-order valence-corrected chi connectivity index (χ4v) is 1.80. The minimum atomic E-state index is -1.48. The number of benzene rings is 2. The van der Waals surface area contributed by atoms with Crippen LogP contribution < -0.4 is 0 Å². The normalized spacial score (nSPS) is 9.23. The minimum Gasteiger partial charge on any atom is -0.478 e. The lowest BCUT2D eigenvalue weighted by Crippen LogP contribution is -2.10. The summed E-state index contributed by atoms with van der Waals surface area (Å²) in [7, 11) is 0. The van der Waals surface area contributed by atoms with Gasteiger partial charge in [-0.15, -0.1) is 0 Å². The molecule has 0 amide bonds. The van der Waals surface area contributed by atoms with Gasteiger partial charge in [0.05, 0.1) is 41.0 Å². The first kappa shape index (κ1) is 26.7. The van der Waals surface area contributed by atoms with Crippen LogP contribution in [0.25, 0.3) is 0 Å². The monoisotopic (exact) mass is 438 g/mol. The third kappa shape index (κ3) is 9.17. The molecule has 12 heteroatoms. The van der Waals surface area contributed by atoms with Crippen molar-refractivity contribution in [3.8, 4) is 0 Å². The lowest BCUT2D eigenvalue weighted by molar-refractivity contribution is 0.0649. The molecule has 0 aromatic heterocycles. The molecule has 0 aliphatic carbocycles. The quantitative estimate of drug-likeness (QED) is 0.333. The second kappa shape index (κ2) is 13.0. The molecule has 0 saturated heterocycles. The van der Waals surface area contributed by atoms with Crippen LogP contribution in [0.3, 0.4) is 0 Å². The van der Waals surface area contributed by atoms with E-state index in [1.807, 2.05) is 0 Å². The second-order valence-electron chi connectivity index (χ2n) is 5.31. The molecule has 0 fully saturated rings. The van der Waals surface area contributed by atoms with Crippen LogP contribution in [0.15, 0.2) is 42.5 Å². The first-order valence-corrected chi connectivity index (χ1v) is 8.08. The van der Waals surface area contributed by atoms with Gasteiger partial charge < -0.3 is 35.7 Å². The zero-order valence-corrected chi connectivity index (χ0v) is 15.6. The summed E-state index contributed by atoms with van der Waals surface area (Å²) < 4.78 is 0. The molecule has 0 heterocycles. The van der Waals surface area contributed by atoms with E-state index in [2.05, 4.69) is 0 Å². The van der Waals surface area contributed by atoms with Crippen molar-refractivity contribution in [2.45, 2.75) is 0 Å². The Kier molecular flexibility index (Phi) is 11.2. The lowest BCUT2D eigenvalue weighted by Gasteiger charge is -2.02. The third-order valence-electron chi connectivity index (χ3n) is 3.21. The number of aliphatic hydroxyl groups excluding tert-OH is 2. The van der Waals surface area contributed by atoms with Crippen LogP contribution in [0.2, 0.25) is 0 Å². The Balaban J connectivity index is 0.000000504. The Labute approximate surface area is 173 Å². The summed E-state index contributed by atoms with van der Waals surface area (Å²) in [5, 5.41) is 58.1. The van der Waals surface area contributed by atoms with Crippen LogP contribution in [0, 0.1) is 0 Å². The van der Waals surface area contributed by atoms with Crippen LogP contribution >= 0.6 is 0 Å². The molecular weight excluding hydrogens is 420 g/mol. The smallest absolute Gasteiger partial charge is 0.336 e. The molecule has 0 unspecified atom stereocenters. The maximum absolute atomic E-state index is 10.6. The molecule has 12 nitrogen and oxygen atoms in total. The number of carbonyl (C=O) groups is 5. The van der Waals surface area contributed by atoms with E-state index in [1.165, 1.54) is 24.3 Å². The average Bonchev–Trinajstić information content (AvgIpc) is 2.73. The van der Waals surface area contributed by atoms with Gasteiger partial charge in [0.25, 0.3) is 0 Å². The lowest BCUT2D eigenvalue weighted by atomic mass is 10.0. The highest BCUT2D eigenvalue weighted by molar-refractivity contribution is 6.03. The molecule has 2 aromatic carbocycles. The van der Waals surface area contributed by atoms with Crippen molar-refractivity contribution in [1.29, 1.82) is 0 Å². The molecule has 7 N–H and O–H groups in total. The summed E-state index contributed by atoms with van der Waals surface area (Å²) in [5.74, 6) is -6.33. The van der Waals surface area contributed by atoms with Crippen LogP contribution in [0.4, 0.5) is 0 Å². The summed E-state index contributed by atoms with van der Waals surface area (Å²) >= 11 is 0. The Morgan fingerprint density at radius 3 is 1.06 bits per heavy atom. The number of carboxylic acid groups (broad SMARTS) is 5. The van der Waals surface area contributed by atoms with Crippen molar-refractivity contribution in [1.82, 2.24) is 0 Å². The van der Waals surface area contributed by atoms with E-state index in [0.717, 1.165) is 18.2 Å². The molecule has 0 bridgehead atoms. The Bertz CT molecular complexity index is 912. The van der Waals surface area contributed by atoms with Crippen molar-refractivity contribution in [3.63, 3.8) is 0 Å². The SMILES string of the molecule is O=C(O)c1ccc(C(=O)O)c(C(=O)O)c1.O=C(O)c1ccc(C(=O)O)cc1.OCCO. The number of hydrogen-bond acceptors (Lipinski definition) is 7. The van der Waals surface area contributed by atoms with Crippen LogP contribution in [0.5, 0.6) is 0 Å². The van der Waals surface area contributed by atoms with Crippen LogP contribution in [-0.2, 0) is 0 Å². The van der Waals surface area contributed by atoms with Crippen molar-refractivity contribution >= 4 is 29.8 Å². The van der Waals surface area contributed by atoms with E-state index in [1.54, 1.807) is 0 Å². The highest BCUT2D eigenvalue weighted by Gasteiger charge is 2.17. The van der Waals surface area contributed by atoms with Gasteiger partial charge in [-0.1, -0.05) is 0 Å². The molecule has 2 aromatic rings. The molecule has 0 atom stereocenters. The average molecular weight is 438 g/mol. The second-order valence-corrected chi connectivity index (χ2v) is 5.31. The Morgan fingerprint density at radius 2 is 0.806 bits per heavy atom. The maximum Gasteiger partial charge on any atom is 0.336 e. The summed E-state index contributed by atoms with van der Waals surface area (Å²) in [6, 6.07) is 7.83. The molecule has 2 rings (SSSR count). The van der Waals surface area contributed by atoms with E-state index >= 15 is 0 Å². The maximum atomic E-state index is 10.6. The molecule has 0 spiro atoms. The molecule has 0 radical (unpaired) electrons. The first-order chi connectivity index (χ1) is 14.5. The highest BCUT2D eigenvalue weighted by Crippen LogP contribution is 2.12. The van der Waals surface area contributed by atoms with Gasteiger partial charge in [-0.05, 0) is 42.5 Å². The molecular formula is C19H18O12. The Hall–Kier alpha value is -4.29. The summed E-state index contributed by atoms with van der Waals surface area (Å²) in [5.41, 5.74) is -1.08. The summed E-state index contributed by atoms with van der Waals surface area (Å²) in [6.45, 7) is -0.250. The summed E-state index contributed by atoms with van der Waals surface area (Å²) in [4.78, 5) is 52.4. The first-order valence-electron chi connectivity index (χ1n) is 8.08. The van der Waals surface area contributed by atoms with Gasteiger partial charge in [-0.25, -0.2) is 24.0 Å². The van der Waals surface area contributed by atoms with Gasteiger partial charge in [0.2, 0.25) is 0 Å². The van der Waals surface area contributed by atoms with E-state index in [-0.39, 0.29) is 29.9 Å². The minimum absolute atomic E-state index is 0.0833. The Morgan fingerprint density at radius 1 is 0.484 bits per heavy atom. The molecule has 166 valence electrons. The van der Waals surface area contributed by atoms with Gasteiger partial charge in [-0.3, -0.25) is 0 Å². The largest absolute Gasteiger partial charge is 0.478 e. The van der Waals surface area contributed by atoms with Gasteiger partial charge in [0.15, 0.2) is 0 Å². The van der Waals surface area contributed by atoms with Gasteiger partial charge in [-0.2, -0.15) is 0 Å². The van der Waals surface area contributed by atoms with Crippen molar-refractivity contribution in [2.24, 2.45) is 0 Å². The number of aromatic carboxylic acids is 5. The zero-order valence-electron chi connectivity index (χ0n) is 15.6. The molecule has 0 aliphatic rings. The van der Waals surface area contributed by atoms with Crippen molar-refractivity contribution in [2.75, 3.05) is 13.2 Å². The fourth-order valence-electron chi connectivity index (χ4n) is 1.80. The topological polar surface area (TPSA) is 227 Å². The number of hydrogen-bond donors (Lipinski definition) is 7. The molecule has 0 aliphatic heterocycles. The van der Waals surface area contributed by atoms with E-state index in [9.17, 15) is 24.0 Å². The van der Waals surface area contributed by atoms with Crippen molar-refractivity contribution < 1.29 is 59.7 Å². The van der Waals surface area contributed by atoms with Crippen molar-refractivity contribution in [3.05, 3.63) is 70.3 Å². The number of aliphatic hydroxyl groups is 2. The van der Waals surface area contributed by atoms with E-state index in [0.29, 0.717) is 0 Å². The predicted octanol–water partition coefficient (Wildman–Crippen LogP) is 0.835. The summed E-state index contributed by atoms with van der Waals surface area (Å²) in [6.07, 6.45) is 0. The fraction of sp³-hybridized carbons (Fsp3) is 0.105. The predicted molar refractivity (Wildman–Crippen MR) is 102 cm³/mol. The molecule has 0 saturated carbocycles.